The Morgan fingerprint density at radius 3 is 3.07 bits per heavy atom. The van der Waals surface area contributed by atoms with Gasteiger partial charge in [0.1, 0.15) is 0 Å². The van der Waals surface area contributed by atoms with E-state index in [1.165, 1.54) is 19.4 Å². The van der Waals surface area contributed by atoms with Crippen molar-refractivity contribution in [1.82, 2.24) is 10.2 Å². The zero-order valence-corrected chi connectivity index (χ0v) is 9.55. The van der Waals surface area contributed by atoms with Crippen molar-refractivity contribution in [1.29, 1.82) is 0 Å². The number of rotatable bonds is 3. The molecule has 14 heavy (non-hydrogen) atoms. The highest BCUT2D eigenvalue weighted by Crippen LogP contribution is 2.29. The maximum absolute atomic E-state index is 5.76. The maximum Gasteiger partial charge on any atom is 0.0664 e. The van der Waals surface area contributed by atoms with Gasteiger partial charge in [0.05, 0.1) is 18.2 Å². The lowest BCUT2D eigenvalue weighted by atomic mass is 9.98. The lowest BCUT2D eigenvalue weighted by Gasteiger charge is -2.39. The summed E-state index contributed by atoms with van der Waals surface area (Å²) >= 11 is 0. The van der Waals surface area contributed by atoms with Gasteiger partial charge < -0.3 is 15.0 Å². The summed E-state index contributed by atoms with van der Waals surface area (Å²) in [7, 11) is 2.21. The molecule has 82 valence electrons. The van der Waals surface area contributed by atoms with Crippen LogP contribution in [0.4, 0.5) is 0 Å². The monoisotopic (exact) mass is 198 g/mol. The first-order chi connectivity index (χ1) is 6.60. The number of hydrogen-bond acceptors (Lipinski definition) is 3. The quantitative estimate of drug-likeness (QED) is 0.727. The number of likely N-dealkylation sites (tertiary alicyclic amines) is 1. The molecule has 0 aromatic heterocycles. The summed E-state index contributed by atoms with van der Waals surface area (Å²) in [5.74, 6) is 0. The summed E-state index contributed by atoms with van der Waals surface area (Å²) in [4.78, 5) is 2.43. The molecule has 2 atom stereocenters. The van der Waals surface area contributed by atoms with Crippen molar-refractivity contribution < 1.29 is 4.74 Å². The van der Waals surface area contributed by atoms with Crippen molar-refractivity contribution >= 4 is 0 Å². The summed E-state index contributed by atoms with van der Waals surface area (Å²) in [6, 6.07) is 0.699. The molecule has 0 saturated carbocycles. The first kappa shape index (κ1) is 10.4. The van der Waals surface area contributed by atoms with Crippen LogP contribution in [-0.2, 0) is 4.74 Å². The highest BCUT2D eigenvalue weighted by Gasteiger charge is 2.43. The second-order valence-electron chi connectivity index (χ2n) is 5.22. The van der Waals surface area contributed by atoms with E-state index in [-0.39, 0.29) is 5.54 Å². The van der Waals surface area contributed by atoms with E-state index in [1.54, 1.807) is 0 Å². The fourth-order valence-electron chi connectivity index (χ4n) is 2.73. The Morgan fingerprint density at radius 2 is 2.36 bits per heavy atom. The smallest absolute Gasteiger partial charge is 0.0664 e. The predicted octanol–water partition coefficient (Wildman–Crippen LogP) is 0.848. The molecule has 2 bridgehead atoms. The minimum Gasteiger partial charge on any atom is -0.377 e. The van der Waals surface area contributed by atoms with Crippen LogP contribution in [0.15, 0.2) is 0 Å². The van der Waals surface area contributed by atoms with Crippen LogP contribution < -0.4 is 5.32 Å². The van der Waals surface area contributed by atoms with Gasteiger partial charge in [-0.15, -0.1) is 0 Å². The van der Waals surface area contributed by atoms with Crippen molar-refractivity contribution in [3.05, 3.63) is 0 Å². The fraction of sp³-hybridized carbons (Fsp3) is 1.00. The lowest BCUT2D eigenvalue weighted by Crippen LogP contribution is -2.60. The Morgan fingerprint density at radius 1 is 1.57 bits per heavy atom. The molecular formula is C11H22N2O. The van der Waals surface area contributed by atoms with Gasteiger partial charge in [-0.05, 0) is 33.7 Å². The van der Waals surface area contributed by atoms with Gasteiger partial charge >= 0.3 is 0 Å². The van der Waals surface area contributed by atoms with Crippen LogP contribution in [0.1, 0.15) is 26.7 Å². The van der Waals surface area contributed by atoms with E-state index in [9.17, 15) is 0 Å². The number of nitrogens with zero attached hydrogens (tertiary/aromatic N) is 1. The first-order valence-corrected chi connectivity index (χ1v) is 5.67. The Kier molecular flexibility index (Phi) is 2.82. The van der Waals surface area contributed by atoms with E-state index in [0.717, 1.165) is 13.2 Å². The van der Waals surface area contributed by atoms with E-state index < -0.39 is 0 Å². The topological polar surface area (TPSA) is 24.5 Å². The zero-order chi connectivity index (χ0) is 10.2. The highest BCUT2D eigenvalue weighted by molar-refractivity contribution is 5.04. The molecule has 2 unspecified atom stereocenters. The van der Waals surface area contributed by atoms with Crippen molar-refractivity contribution in [2.45, 2.75) is 44.4 Å². The van der Waals surface area contributed by atoms with Gasteiger partial charge in [0.25, 0.3) is 0 Å². The molecule has 2 heterocycles. The fourth-order valence-corrected chi connectivity index (χ4v) is 2.73. The highest BCUT2D eigenvalue weighted by atomic mass is 16.5. The van der Waals surface area contributed by atoms with Gasteiger partial charge in [0, 0.05) is 19.1 Å². The van der Waals surface area contributed by atoms with E-state index in [4.69, 9.17) is 4.74 Å². The summed E-state index contributed by atoms with van der Waals surface area (Å²) in [5, 5.41) is 3.72. The van der Waals surface area contributed by atoms with Crippen LogP contribution >= 0.6 is 0 Å². The number of fused-ring (bicyclic) bond motifs is 2. The van der Waals surface area contributed by atoms with E-state index in [0.29, 0.717) is 12.1 Å². The standard InChI is InChI=1S/C11H22N2O/c1-9(2)14-8-11-5-4-10(12-11)6-13(3)7-11/h9-10,12H,4-8H2,1-3H3. The van der Waals surface area contributed by atoms with Crippen molar-refractivity contribution in [3.63, 3.8) is 0 Å². The molecule has 0 aliphatic carbocycles. The average Bonchev–Trinajstić information content (AvgIpc) is 2.40. The molecule has 2 aliphatic rings. The maximum atomic E-state index is 5.76. The first-order valence-electron chi connectivity index (χ1n) is 5.67. The minimum atomic E-state index is 0.252. The van der Waals surface area contributed by atoms with Gasteiger partial charge in [-0.2, -0.15) is 0 Å². The summed E-state index contributed by atoms with van der Waals surface area (Å²) in [5.41, 5.74) is 0.252. The molecule has 2 aliphatic heterocycles. The van der Waals surface area contributed by atoms with Gasteiger partial charge in [-0.3, -0.25) is 0 Å². The van der Waals surface area contributed by atoms with Crippen LogP contribution in [-0.4, -0.2) is 49.3 Å². The number of nitrogens with one attached hydrogen (secondary N) is 1. The van der Waals surface area contributed by atoms with Gasteiger partial charge in [-0.25, -0.2) is 0 Å². The molecule has 0 amide bonds. The third-order valence-electron chi connectivity index (χ3n) is 3.28. The molecule has 2 saturated heterocycles. The van der Waals surface area contributed by atoms with Crippen molar-refractivity contribution in [3.8, 4) is 0 Å². The average molecular weight is 198 g/mol. The van der Waals surface area contributed by atoms with Crippen LogP contribution in [0.25, 0.3) is 0 Å². The largest absolute Gasteiger partial charge is 0.377 e. The Balaban J connectivity index is 1.94. The van der Waals surface area contributed by atoms with Crippen molar-refractivity contribution in [2.75, 3.05) is 26.7 Å². The molecule has 0 aromatic carbocycles. The molecule has 0 aromatic rings. The second-order valence-corrected chi connectivity index (χ2v) is 5.22. The van der Waals surface area contributed by atoms with Crippen LogP contribution in [0, 0.1) is 0 Å². The number of ether oxygens (including phenoxy) is 1. The normalized spacial score (nSPS) is 38.1. The van der Waals surface area contributed by atoms with Crippen LogP contribution in [0.5, 0.6) is 0 Å². The van der Waals surface area contributed by atoms with Crippen LogP contribution in [0.2, 0.25) is 0 Å². The van der Waals surface area contributed by atoms with E-state index in [1.807, 2.05) is 0 Å². The van der Waals surface area contributed by atoms with E-state index >= 15 is 0 Å². The predicted molar refractivity (Wildman–Crippen MR) is 57.5 cm³/mol. The molecule has 0 radical (unpaired) electrons. The zero-order valence-electron chi connectivity index (χ0n) is 9.55. The summed E-state index contributed by atoms with van der Waals surface area (Å²) in [6.45, 7) is 7.41. The van der Waals surface area contributed by atoms with Gasteiger partial charge in [-0.1, -0.05) is 0 Å². The molecule has 2 fully saturated rings. The summed E-state index contributed by atoms with van der Waals surface area (Å²) < 4.78 is 5.76. The Bertz CT molecular complexity index is 207. The van der Waals surface area contributed by atoms with Gasteiger partial charge in [0.15, 0.2) is 0 Å². The second kappa shape index (κ2) is 3.80. The third kappa shape index (κ3) is 2.10. The van der Waals surface area contributed by atoms with Crippen molar-refractivity contribution in [2.24, 2.45) is 0 Å². The number of piperazine rings is 1. The van der Waals surface area contributed by atoms with Crippen LogP contribution in [0.3, 0.4) is 0 Å². The molecule has 3 nitrogen and oxygen atoms in total. The van der Waals surface area contributed by atoms with E-state index in [2.05, 4.69) is 31.1 Å². The number of hydrogen-bond donors (Lipinski definition) is 1. The molecule has 0 spiro atoms. The molecular weight excluding hydrogens is 176 g/mol. The van der Waals surface area contributed by atoms with Gasteiger partial charge in [0.2, 0.25) is 0 Å². The molecule has 3 heteroatoms. The third-order valence-corrected chi connectivity index (χ3v) is 3.28. The number of likely N-dealkylation sites (N-methyl/N-ethyl adjacent to an activating group) is 1. The SMILES string of the molecule is CC(C)OCC12CCC(CN(C)C1)N2. The molecule has 1 N–H and O–H groups in total. The Labute approximate surface area is 86.8 Å². The minimum absolute atomic E-state index is 0.252. The molecule has 2 rings (SSSR count). The lowest BCUT2D eigenvalue weighted by molar-refractivity contribution is 0.0114. The Hall–Kier alpha value is -0.120. The summed E-state index contributed by atoms with van der Waals surface area (Å²) in [6.07, 6.45) is 2.93.